The largest absolute Gasteiger partial charge is 0.477 e. The van der Waals surface area contributed by atoms with Gasteiger partial charge in [-0.3, -0.25) is 4.79 Å². The summed E-state index contributed by atoms with van der Waals surface area (Å²) in [6.45, 7) is 1.95. The minimum Gasteiger partial charge on any atom is -0.477 e. The Morgan fingerprint density at radius 1 is 1.19 bits per heavy atom. The number of aromatic carboxylic acids is 1. The first kappa shape index (κ1) is 16.9. The van der Waals surface area contributed by atoms with Crippen LogP contribution in [0.15, 0.2) is 54.9 Å². The normalized spacial score (nSPS) is 10.9. The number of fused-ring (bicyclic) bond motifs is 1. The summed E-state index contributed by atoms with van der Waals surface area (Å²) < 4.78 is 1.48. The minimum atomic E-state index is -1.08. The fourth-order valence-corrected chi connectivity index (χ4v) is 3.53. The Balaban J connectivity index is 1.70. The molecule has 0 aliphatic carbocycles. The van der Waals surface area contributed by atoms with Gasteiger partial charge in [-0.1, -0.05) is 12.1 Å². The van der Waals surface area contributed by atoms with E-state index in [-0.39, 0.29) is 17.1 Å². The van der Waals surface area contributed by atoms with Crippen molar-refractivity contribution in [2.75, 3.05) is 5.32 Å². The topological polar surface area (TPSA) is 96.6 Å². The van der Waals surface area contributed by atoms with Crippen LogP contribution in [0.3, 0.4) is 0 Å². The molecule has 0 fully saturated rings. The Labute approximate surface area is 157 Å². The van der Waals surface area contributed by atoms with Crippen LogP contribution in [0.25, 0.3) is 16.9 Å². The first-order valence-electron chi connectivity index (χ1n) is 8.07. The van der Waals surface area contributed by atoms with Gasteiger partial charge in [-0.05, 0) is 37.3 Å². The molecular weight excluding hydrogens is 364 g/mol. The summed E-state index contributed by atoms with van der Waals surface area (Å²) in [4.78, 5) is 29.5. The lowest BCUT2D eigenvalue weighted by molar-refractivity contribution is 0.0698. The van der Waals surface area contributed by atoms with E-state index in [1.165, 1.54) is 22.0 Å². The second-order valence-electron chi connectivity index (χ2n) is 5.87. The number of rotatable bonds is 4. The molecular formula is C19H14N4O3S. The van der Waals surface area contributed by atoms with Gasteiger partial charge in [0.15, 0.2) is 5.65 Å². The predicted octanol–water partition coefficient (Wildman–Crippen LogP) is 3.72. The van der Waals surface area contributed by atoms with E-state index in [4.69, 9.17) is 0 Å². The Morgan fingerprint density at radius 3 is 2.78 bits per heavy atom. The van der Waals surface area contributed by atoms with E-state index in [9.17, 15) is 14.7 Å². The second-order valence-corrected chi connectivity index (χ2v) is 7.16. The number of carboxylic acids is 1. The number of carboxylic acid groups (broad SMARTS) is 1. The van der Waals surface area contributed by atoms with E-state index in [1.807, 2.05) is 31.2 Å². The van der Waals surface area contributed by atoms with Crippen molar-refractivity contribution in [2.24, 2.45) is 0 Å². The van der Waals surface area contributed by atoms with E-state index in [1.54, 1.807) is 24.4 Å². The van der Waals surface area contributed by atoms with Gasteiger partial charge in [0.2, 0.25) is 0 Å². The van der Waals surface area contributed by atoms with Crippen molar-refractivity contribution in [3.63, 3.8) is 0 Å². The Kier molecular flexibility index (Phi) is 4.17. The summed E-state index contributed by atoms with van der Waals surface area (Å²) in [5.41, 5.74) is 2.40. The first-order valence-corrected chi connectivity index (χ1v) is 8.89. The van der Waals surface area contributed by atoms with E-state index >= 15 is 0 Å². The number of amides is 1. The number of carbonyl (C=O) groups excluding carboxylic acids is 1. The highest BCUT2D eigenvalue weighted by atomic mass is 32.1. The summed E-state index contributed by atoms with van der Waals surface area (Å²) in [6, 6.07) is 12.7. The van der Waals surface area contributed by atoms with Crippen LogP contribution in [0.5, 0.6) is 0 Å². The van der Waals surface area contributed by atoms with Crippen molar-refractivity contribution < 1.29 is 14.7 Å². The maximum atomic E-state index is 12.4. The van der Waals surface area contributed by atoms with E-state index in [0.29, 0.717) is 16.3 Å². The zero-order valence-electron chi connectivity index (χ0n) is 14.2. The number of benzene rings is 1. The number of anilines is 1. The lowest BCUT2D eigenvalue weighted by atomic mass is 10.1. The van der Waals surface area contributed by atoms with Gasteiger partial charge in [0.05, 0.1) is 16.8 Å². The molecule has 0 bridgehead atoms. The van der Waals surface area contributed by atoms with Crippen molar-refractivity contribution in [3.8, 4) is 11.3 Å². The standard InChI is InChI=1S/C19H14N4O3S/c1-11-5-6-16(27-11)18(24)22-13-4-2-3-12(9-13)15-7-8-20-17-14(19(25)26)10-21-23(15)17/h2-10H,1H3,(H,22,24)(H,25,26). The number of nitrogens with zero attached hydrogens (tertiary/aromatic N) is 3. The van der Waals surface area contributed by atoms with Crippen LogP contribution in [0.4, 0.5) is 5.69 Å². The number of hydrogen-bond donors (Lipinski definition) is 2. The molecule has 1 amide bonds. The average molecular weight is 378 g/mol. The van der Waals surface area contributed by atoms with Gasteiger partial charge >= 0.3 is 5.97 Å². The molecule has 0 unspecified atom stereocenters. The molecule has 0 saturated heterocycles. The highest BCUT2D eigenvalue weighted by Crippen LogP contribution is 2.25. The molecule has 2 N–H and O–H groups in total. The molecule has 0 radical (unpaired) electrons. The highest BCUT2D eigenvalue weighted by Gasteiger charge is 2.15. The van der Waals surface area contributed by atoms with Crippen molar-refractivity contribution >= 4 is 34.5 Å². The van der Waals surface area contributed by atoms with E-state index < -0.39 is 5.97 Å². The lowest BCUT2D eigenvalue weighted by Crippen LogP contribution is -2.10. The van der Waals surface area contributed by atoms with Crippen molar-refractivity contribution in [3.05, 3.63) is 70.2 Å². The molecule has 8 heteroatoms. The molecule has 134 valence electrons. The Morgan fingerprint density at radius 2 is 2.04 bits per heavy atom. The average Bonchev–Trinajstić information content (AvgIpc) is 3.28. The number of aromatic nitrogens is 3. The van der Waals surface area contributed by atoms with E-state index in [0.717, 1.165) is 10.4 Å². The van der Waals surface area contributed by atoms with Gasteiger partial charge in [-0.15, -0.1) is 11.3 Å². The van der Waals surface area contributed by atoms with Crippen LogP contribution >= 0.6 is 11.3 Å². The first-order chi connectivity index (χ1) is 13.0. The van der Waals surface area contributed by atoms with Crippen molar-refractivity contribution in [1.82, 2.24) is 14.6 Å². The van der Waals surface area contributed by atoms with Gasteiger partial charge < -0.3 is 10.4 Å². The molecule has 3 aromatic heterocycles. The van der Waals surface area contributed by atoms with Crippen molar-refractivity contribution in [2.45, 2.75) is 6.92 Å². The third-order valence-corrected chi connectivity index (χ3v) is 5.01. The fourth-order valence-electron chi connectivity index (χ4n) is 2.77. The SMILES string of the molecule is Cc1ccc(C(=O)Nc2cccc(-c3ccnc4c(C(=O)O)cnn34)c2)s1. The summed E-state index contributed by atoms with van der Waals surface area (Å²) in [6.07, 6.45) is 2.82. The fraction of sp³-hybridized carbons (Fsp3) is 0.0526. The summed E-state index contributed by atoms with van der Waals surface area (Å²) in [5, 5.41) is 16.3. The van der Waals surface area contributed by atoms with Crippen LogP contribution < -0.4 is 5.32 Å². The van der Waals surface area contributed by atoms with Crippen LogP contribution in [0.1, 0.15) is 24.9 Å². The number of thiophene rings is 1. The summed E-state index contributed by atoms with van der Waals surface area (Å²) in [7, 11) is 0. The molecule has 0 aliphatic rings. The summed E-state index contributed by atoms with van der Waals surface area (Å²) in [5.74, 6) is -1.25. The third kappa shape index (κ3) is 3.18. The van der Waals surface area contributed by atoms with Gasteiger partial charge in [0.25, 0.3) is 5.91 Å². The van der Waals surface area contributed by atoms with E-state index in [2.05, 4.69) is 15.4 Å². The van der Waals surface area contributed by atoms with Gasteiger partial charge in [-0.2, -0.15) is 5.10 Å². The maximum Gasteiger partial charge on any atom is 0.341 e. The highest BCUT2D eigenvalue weighted by molar-refractivity contribution is 7.14. The molecule has 1 aromatic carbocycles. The monoisotopic (exact) mass is 378 g/mol. The summed E-state index contributed by atoms with van der Waals surface area (Å²) >= 11 is 1.43. The van der Waals surface area contributed by atoms with Gasteiger partial charge in [0, 0.05) is 22.3 Å². The lowest BCUT2D eigenvalue weighted by Gasteiger charge is -2.08. The number of carbonyl (C=O) groups is 2. The third-order valence-electron chi connectivity index (χ3n) is 4.01. The van der Waals surface area contributed by atoms with Crippen LogP contribution in [0, 0.1) is 6.92 Å². The van der Waals surface area contributed by atoms with Gasteiger partial charge in [0.1, 0.15) is 5.56 Å². The molecule has 0 saturated carbocycles. The quantitative estimate of drug-likeness (QED) is 0.564. The number of hydrogen-bond acceptors (Lipinski definition) is 5. The Hall–Kier alpha value is -3.52. The number of nitrogens with one attached hydrogen (secondary N) is 1. The molecule has 7 nitrogen and oxygen atoms in total. The van der Waals surface area contributed by atoms with Crippen LogP contribution in [-0.4, -0.2) is 31.6 Å². The molecule has 4 aromatic rings. The zero-order chi connectivity index (χ0) is 19.0. The zero-order valence-corrected chi connectivity index (χ0v) is 15.0. The molecule has 3 heterocycles. The van der Waals surface area contributed by atoms with Crippen LogP contribution in [-0.2, 0) is 0 Å². The second kappa shape index (κ2) is 6.65. The molecule has 27 heavy (non-hydrogen) atoms. The predicted molar refractivity (Wildman–Crippen MR) is 102 cm³/mol. The van der Waals surface area contributed by atoms with Gasteiger partial charge in [-0.25, -0.2) is 14.3 Å². The molecule has 0 spiro atoms. The smallest absolute Gasteiger partial charge is 0.341 e. The minimum absolute atomic E-state index is 0.0365. The maximum absolute atomic E-state index is 12.4. The molecule has 0 aliphatic heterocycles. The molecule has 4 rings (SSSR count). The Bertz CT molecular complexity index is 1180. The molecule has 0 atom stereocenters. The number of aryl methyl sites for hydroxylation is 1. The van der Waals surface area contributed by atoms with Crippen molar-refractivity contribution in [1.29, 1.82) is 0 Å². The van der Waals surface area contributed by atoms with Crippen LogP contribution in [0.2, 0.25) is 0 Å².